The van der Waals surface area contributed by atoms with Crippen LogP contribution in [0.4, 0.5) is 17.1 Å². The molecule has 9 rings (SSSR count). The quantitative estimate of drug-likeness (QED) is 0.185. The van der Waals surface area contributed by atoms with Gasteiger partial charge in [-0.2, -0.15) is 0 Å². The number of hydrogen-bond donors (Lipinski definition) is 0. The molecule has 2 heteroatoms. The molecule has 0 fully saturated rings. The summed E-state index contributed by atoms with van der Waals surface area (Å²) in [5.41, 5.74) is 7.80. The van der Waals surface area contributed by atoms with Gasteiger partial charge in [0.25, 0.3) is 0 Å². The van der Waals surface area contributed by atoms with Crippen LogP contribution in [0.25, 0.3) is 66.1 Å². The molecule has 1 heterocycles. The standard InChI is InChI=1S/C46H31NO/c1-3-12-32(13-4-1)34-22-27-37(28-23-34)47(38-29-24-35(25-30-38)33-14-5-2-6-15-33)44-21-10-9-18-40(44)41-19-11-20-42-43-31-26-36-16-7-8-17-39(36)45(43)48-46(41)42/h1-31H/i22D,23D,27D,28D. The average Bonchev–Trinajstić information content (AvgIpc) is 3.59. The van der Waals surface area contributed by atoms with Gasteiger partial charge >= 0.3 is 0 Å². The van der Waals surface area contributed by atoms with Gasteiger partial charge in [-0.05, 0) is 64.0 Å². The van der Waals surface area contributed by atoms with Gasteiger partial charge in [-0.25, -0.2) is 0 Å². The van der Waals surface area contributed by atoms with Gasteiger partial charge in [-0.1, -0.05) is 152 Å². The van der Waals surface area contributed by atoms with Gasteiger partial charge in [0, 0.05) is 38.7 Å². The topological polar surface area (TPSA) is 16.4 Å². The van der Waals surface area contributed by atoms with Crippen LogP contribution in [0.15, 0.2) is 192 Å². The fourth-order valence-corrected chi connectivity index (χ4v) is 6.62. The summed E-state index contributed by atoms with van der Waals surface area (Å²) < 4.78 is 44.0. The van der Waals surface area contributed by atoms with Crippen LogP contribution in [0.5, 0.6) is 0 Å². The van der Waals surface area contributed by atoms with E-state index in [9.17, 15) is 5.48 Å². The lowest BCUT2D eigenvalue weighted by molar-refractivity contribution is 0.674. The van der Waals surface area contributed by atoms with E-state index in [-0.39, 0.29) is 35.4 Å². The Bertz CT molecular complexity index is 2750. The predicted molar refractivity (Wildman–Crippen MR) is 202 cm³/mol. The molecule has 0 spiro atoms. The SMILES string of the molecule is [2H]c1c([2H])c(N(c2ccc(-c3ccccc3)cc2)c2ccccc2-c2cccc3c2oc2c4ccccc4ccc32)c([2H])c([2H])c1-c1ccccc1. The zero-order valence-corrected chi connectivity index (χ0v) is 25.9. The van der Waals surface area contributed by atoms with Crippen molar-refractivity contribution in [3.63, 3.8) is 0 Å². The number of nitrogens with zero attached hydrogens (tertiary/aromatic N) is 1. The molecule has 0 atom stereocenters. The molecule has 8 aromatic carbocycles. The van der Waals surface area contributed by atoms with Crippen LogP contribution < -0.4 is 4.90 Å². The Balaban J connectivity index is 1.30. The van der Waals surface area contributed by atoms with Crippen molar-refractivity contribution in [2.45, 2.75) is 0 Å². The number of fused-ring (bicyclic) bond motifs is 5. The fraction of sp³-hybridized carbons (Fsp3) is 0. The van der Waals surface area contributed by atoms with Crippen LogP contribution in [0.2, 0.25) is 0 Å². The molecule has 0 saturated carbocycles. The molecule has 0 unspecified atom stereocenters. The number of benzene rings is 8. The molecule has 0 aliphatic heterocycles. The summed E-state index contributed by atoms with van der Waals surface area (Å²) in [6.45, 7) is 0. The van der Waals surface area contributed by atoms with Crippen molar-refractivity contribution in [2.75, 3.05) is 4.90 Å². The van der Waals surface area contributed by atoms with E-state index >= 15 is 0 Å². The Kier molecular flexibility index (Phi) is 5.85. The third-order valence-corrected chi connectivity index (χ3v) is 8.95. The predicted octanol–water partition coefficient (Wildman–Crippen LogP) is 13.2. The smallest absolute Gasteiger partial charge is 0.143 e. The maximum absolute atomic E-state index is 9.43. The van der Waals surface area contributed by atoms with Crippen molar-refractivity contribution in [1.82, 2.24) is 0 Å². The molecule has 226 valence electrons. The van der Waals surface area contributed by atoms with Gasteiger partial charge in [0.05, 0.1) is 11.2 Å². The third-order valence-electron chi connectivity index (χ3n) is 8.95. The minimum atomic E-state index is -0.129. The summed E-state index contributed by atoms with van der Waals surface area (Å²) >= 11 is 0. The summed E-state index contributed by atoms with van der Waals surface area (Å²) in [5.74, 6) is 0. The Morgan fingerprint density at radius 1 is 0.375 bits per heavy atom. The lowest BCUT2D eigenvalue weighted by atomic mass is 9.98. The molecule has 2 nitrogen and oxygen atoms in total. The third kappa shape index (κ3) is 4.83. The van der Waals surface area contributed by atoms with Gasteiger partial charge in [-0.15, -0.1) is 0 Å². The van der Waals surface area contributed by atoms with Crippen molar-refractivity contribution >= 4 is 49.8 Å². The van der Waals surface area contributed by atoms with E-state index in [1.807, 2.05) is 126 Å². The molecule has 1 aromatic heterocycles. The number of para-hydroxylation sites is 2. The van der Waals surface area contributed by atoms with E-state index in [1.54, 1.807) is 0 Å². The normalized spacial score (nSPS) is 12.5. The number of anilines is 3. The molecular formula is C46H31NO. The van der Waals surface area contributed by atoms with Gasteiger partial charge < -0.3 is 9.32 Å². The second kappa shape index (κ2) is 11.8. The Morgan fingerprint density at radius 2 is 0.958 bits per heavy atom. The minimum Gasteiger partial charge on any atom is -0.455 e. The zero-order valence-electron chi connectivity index (χ0n) is 29.9. The largest absolute Gasteiger partial charge is 0.455 e. The first-order valence-electron chi connectivity index (χ1n) is 18.0. The summed E-state index contributed by atoms with van der Waals surface area (Å²) in [4.78, 5) is 1.86. The minimum absolute atomic E-state index is 0.100. The fourth-order valence-electron chi connectivity index (χ4n) is 6.62. The second-order valence-corrected chi connectivity index (χ2v) is 11.8. The lowest BCUT2D eigenvalue weighted by Crippen LogP contribution is -2.11. The van der Waals surface area contributed by atoms with E-state index in [1.165, 1.54) is 0 Å². The van der Waals surface area contributed by atoms with Crippen LogP contribution in [-0.4, -0.2) is 0 Å². The highest BCUT2D eigenvalue weighted by Crippen LogP contribution is 2.45. The van der Waals surface area contributed by atoms with E-state index in [0.717, 1.165) is 55.0 Å². The molecular weight excluding hydrogens is 583 g/mol. The molecule has 0 amide bonds. The first kappa shape index (κ1) is 23.9. The molecule has 0 radical (unpaired) electrons. The molecule has 0 aliphatic rings. The average molecular weight is 618 g/mol. The highest BCUT2D eigenvalue weighted by molar-refractivity contribution is 6.17. The van der Waals surface area contributed by atoms with Gasteiger partial charge in [0.1, 0.15) is 11.2 Å². The number of hydrogen-bond acceptors (Lipinski definition) is 2. The second-order valence-electron chi connectivity index (χ2n) is 11.8. The van der Waals surface area contributed by atoms with Crippen molar-refractivity contribution in [1.29, 1.82) is 0 Å². The summed E-state index contributed by atoms with van der Waals surface area (Å²) in [5, 5.41) is 4.15. The van der Waals surface area contributed by atoms with Gasteiger partial charge in [0.2, 0.25) is 0 Å². The molecule has 0 aliphatic carbocycles. The van der Waals surface area contributed by atoms with E-state index in [4.69, 9.17) is 4.42 Å². The molecule has 0 saturated heterocycles. The van der Waals surface area contributed by atoms with Crippen molar-refractivity contribution in [2.24, 2.45) is 0 Å². The van der Waals surface area contributed by atoms with Crippen molar-refractivity contribution < 1.29 is 9.90 Å². The lowest BCUT2D eigenvalue weighted by Gasteiger charge is -2.28. The Morgan fingerprint density at radius 3 is 1.73 bits per heavy atom. The first-order chi connectivity index (χ1) is 25.5. The van der Waals surface area contributed by atoms with Crippen LogP contribution in [-0.2, 0) is 0 Å². The van der Waals surface area contributed by atoms with Crippen LogP contribution in [0.1, 0.15) is 5.48 Å². The maximum Gasteiger partial charge on any atom is 0.143 e. The Hall–Kier alpha value is -6.38. The van der Waals surface area contributed by atoms with E-state index < -0.39 is 0 Å². The van der Waals surface area contributed by atoms with Crippen molar-refractivity contribution in [3.05, 3.63) is 188 Å². The monoisotopic (exact) mass is 617 g/mol. The Labute approximate surface area is 285 Å². The first-order valence-corrected chi connectivity index (χ1v) is 16.0. The van der Waals surface area contributed by atoms with E-state index in [2.05, 4.69) is 42.5 Å². The molecule has 0 bridgehead atoms. The number of furan rings is 1. The number of rotatable bonds is 6. The molecule has 0 N–H and O–H groups in total. The van der Waals surface area contributed by atoms with Crippen LogP contribution >= 0.6 is 0 Å². The summed E-state index contributed by atoms with van der Waals surface area (Å²) in [6, 6.07) is 53.3. The van der Waals surface area contributed by atoms with Crippen LogP contribution in [0, 0.1) is 0 Å². The highest BCUT2D eigenvalue weighted by Gasteiger charge is 2.21. The maximum atomic E-state index is 9.43. The summed E-state index contributed by atoms with van der Waals surface area (Å²) in [7, 11) is 0. The summed E-state index contributed by atoms with van der Waals surface area (Å²) in [6.07, 6.45) is 0. The van der Waals surface area contributed by atoms with Crippen LogP contribution in [0.3, 0.4) is 0 Å². The van der Waals surface area contributed by atoms with Crippen molar-refractivity contribution in [3.8, 4) is 33.4 Å². The zero-order chi connectivity index (χ0) is 35.3. The van der Waals surface area contributed by atoms with Gasteiger partial charge in [-0.3, -0.25) is 0 Å². The van der Waals surface area contributed by atoms with Gasteiger partial charge in [0.15, 0.2) is 0 Å². The molecule has 48 heavy (non-hydrogen) atoms. The van der Waals surface area contributed by atoms with E-state index in [0.29, 0.717) is 16.9 Å². The molecule has 9 aromatic rings. The highest BCUT2D eigenvalue weighted by atomic mass is 16.3.